The van der Waals surface area contributed by atoms with Crippen molar-refractivity contribution < 1.29 is 17.7 Å². The van der Waals surface area contributed by atoms with Crippen molar-refractivity contribution in [2.45, 2.75) is 19.4 Å². The summed E-state index contributed by atoms with van der Waals surface area (Å²) in [6, 6.07) is 8.32. The van der Waals surface area contributed by atoms with Crippen molar-refractivity contribution >= 4 is 15.8 Å². The summed E-state index contributed by atoms with van der Waals surface area (Å²) in [7, 11) is -3.67. The van der Waals surface area contributed by atoms with Gasteiger partial charge in [0.15, 0.2) is 0 Å². The maximum absolute atomic E-state index is 12.1. The van der Waals surface area contributed by atoms with Gasteiger partial charge in [0.2, 0.25) is 0 Å². The molecule has 158 valence electrons. The van der Waals surface area contributed by atoms with Crippen molar-refractivity contribution in [2.24, 2.45) is 0 Å². The van der Waals surface area contributed by atoms with E-state index in [4.69, 9.17) is 9.29 Å². The van der Waals surface area contributed by atoms with E-state index in [2.05, 4.69) is 38.6 Å². The van der Waals surface area contributed by atoms with Gasteiger partial charge < -0.3 is 10.1 Å². The zero-order valence-electron chi connectivity index (χ0n) is 16.3. The van der Waals surface area contributed by atoms with Crippen LogP contribution >= 0.6 is 0 Å². The summed E-state index contributed by atoms with van der Waals surface area (Å²) in [4.78, 5) is 14.5. The van der Waals surface area contributed by atoms with Gasteiger partial charge in [0.25, 0.3) is 15.7 Å². The molecule has 3 N–H and O–H groups in total. The first-order chi connectivity index (χ1) is 13.8. The van der Waals surface area contributed by atoms with Gasteiger partial charge in [0.1, 0.15) is 5.69 Å². The van der Waals surface area contributed by atoms with E-state index in [1.807, 2.05) is 6.07 Å². The van der Waals surface area contributed by atoms with Gasteiger partial charge in [-0.05, 0) is 18.4 Å². The van der Waals surface area contributed by atoms with Gasteiger partial charge in [-0.1, -0.05) is 24.3 Å². The molecule has 0 unspecified atom stereocenters. The van der Waals surface area contributed by atoms with E-state index in [0.717, 1.165) is 74.7 Å². The zero-order chi connectivity index (χ0) is 20.9. The normalized spacial score (nSPS) is 16.9. The maximum atomic E-state index is 12.1. The summed E-state index contributed by atoms with van der Waals surface area (Å²) in [5.74, 6) is 0. The number of ether oxygens (including phenoxy) is 1. The van der Waals surface area contributed by atoms with Crippen molar-refractivity contribution in [1.29, 1.82) is 0 Å². The minimum atomic E-state index is -3.67. The summed E-state index contributed by atoms with van der Waals surface area (Å²) < 4.78 is 31.3. The molecule has 9 nitrogen and oxygen atoms in total. The molecule has 0 spiro atoms. The van der Waals surface area contributed by atoms with Crippen LogP contribution in [-0.2, 0) is 27.8 Å². The first-order valence-electron chi connectivity index (χ1n) is 9.49. The first-order valence-corrected chi connectivity index (χ1v) is 11.3. The molecule has 0 aliphatic carbocycles. The molecule has 0 bridgehead atoms. The van der Waals surface area contributed by atoms with Crippen LogP contribution in [0, 0.1) is 0 Å². The number of aromatic nitrogens is 2. The molecule has 1 aromatic heterocycles. The van der Waals surface area contributed by atoms with Crippen LogP contribution in [0.15, 0.2) is 29.1 Å². The molecule has 29 heavy (non-hydrogen) atoms. The summed E-state index contributed by atoms with van der Waals surface area (Å²) >= 11 is 0. The number of nitrogens with one attached hydrogen (secondary N) is 2. The lowest BCUT2D eigenvalue weighted by Crippen LogP contribution is -2.35. The lowest BCUT2D eigenvalue weighted by molar-refractivity contribution is 0.0342. The number of morpholine rings is 1. The Hall–Kier alpha value is -2.27. The topological polar surface area (TPSA) is 125 Å². The van der Waals surface area contributed by atoms with Crippen molar-refractivity contribution in [3.63, 3.8) is 0 Å². The molecule has 2 aliphatic heterocycles. The maximum Gasteiger partial charge on any atom is 0.269 e. The molecular weight excluding hydrogens is 396 g/mol. The number of fused-ring (bicyclic) bond motifs is 1. The van der Waals surface area contributed by atoms with Crippen LogP contribution < -0.4 is 10.9 Å². The van der Waals surface area contributed by atoms with Gasteiger partial charge in [0, 0.05) is 37.3 Å². The van der Waals surface area contributed by atoms with Gasteiger partial charge in [-0.25, -0.2) is 5.10 Å². The number of rotatable bonds is 3. The molecule has 2 aromatic rings. The van der Waals surface area contributed by atoms with Crippen molar-refractivity contribution in [3.05, 3.63) is 45.7 Å². The zero-order valence-corrected chi connectivity index (χ0v) is 17.2. The van der Waals surface area contributed by atoms with Gasteiger partial charge in [-0.2, -0.15) is 13.5 Å². The van der Waals surface area contributed by atoms with Crippen LogP contribution in [0.1, 0.15) is 17.5 Å². The minimum absolute atomic E-state index is 0.0772. The van der Waals surface area contributed by atoms with Gasteiger partial charge in [0.05, 0.1) is 25.2 Å². The fourth-order valence-electron chi connectivity index (χ4n) is 3.48. The predicted octanol–water partition coefficient (Wildman–Crippen LogP) is 1.13. The Morgan fingerprint density at radius 2 is 1.93 bits per heavy atom. The molecule has 10 heteroatoms. The fourth-order valence-corrected chi connectivity index (χ4v) is 3.48. The average Bonchev–Trinajstić information content (AvgIpc) is 2.69. The summed E-state index contributed by atoms with van der Waals surface area (Å²) in [6.07, 6.45) is 2.50. The monoisotopic (exact) mass is 422 g/mol. The Labute approximate surface area is 169 Å². The molecule has 1 saturated heterocycles. The largest absolute Gasteiger partial charge is 0.383 e. The van der Waals surface area contributed by atoms with Crippen LogP contribution in [0.2, 0.25) is 0 Å². The van der Waals surface area contributed by atoms with Gasteiger partial charge in [-0.15, -0.1) is 0 Å². The number of nitrogens with zero attached hydrogens (tertiary/aromatic N) is 2. The quantitative estimate of drug-likeness (QED) is 0.629. The molecule has 1 aromatic carbocycles. The SMILES string of the molecule is CS(=O)(=O)O.O=c1[nH]nc(-c2ccccc2CN2CCOCC2)c2c1CCCN2. The Bertz CT molecular complexity index is 992. The van der Waals surface area contributed by atoms with Crippen molar-refractivity contribution in [1.82, 2.24) is 15.1 Å². The minimum Gasteiger partial charge on any atom is -0.383 e. The number of H-pyrrole nitrogens is 1. The van der Waals surface area contributed by atoms with Crippen LogP contribution in [-0.4, -0.2) is 67.2 Å². The molecular formula is C19H26N4O5S. The summed E-state index contributed by atoms with van der Waals surface area (Å²) in [5.41, 5.74) is 4.83. The molecule has 1 fully saturated rings. The highest BCUT2D eigenvalue weighted by Crippen LogP contribution is 2.32. The van der Waals surface area contributed by atoms with Gasteiger partial charge in [-0.3, -0.25) is 14.2 Å². The molecule has 0 atom stereocenters. The van der Waals surface area contributed by atoms with E-state index in [1.165, 1.54) is 5.56 Å². The fraction of sp³-hybridized carbons (Fsp3) is 0.474. The Balaban J connectivity index is 0.000000431. The highest BCUT2D eigenvalue weighted by molar-refractivity contribution is 7.85. The Kier molecular flexibility index (Phi) is 7.01. The van der Waals surface area contributed by atoms with Crippen LogP contribution in [0.5, 0.6) is 0 Å². The third kappa shape index (κ3) is 6.10. The van der Waals surface area contributed by atoms with E-state index in [0.29, 0.717) is 6.26 Å². The van der Waals surface area contributed by atoms with E-state index < -0.39 is 10.1 Å². The lowest BCUT2D eigenvalue weighted by atomic mass is 9.97. The van der Waals surface area contributed by atoms with Crippen LogP contribution in [0.4, 0.5) is 5.69 Å². The van der Waals surface area contributed by atoms with E-state index in [1.54, 1.807) is 0 Å². The van der Waals surface area contributed by atoms with Crippen molar-refractivity contribution in [2.75, 3.05) is 44.4 Å². The van der Waals surface area contributed by atoms with Crippen molar-refractivity contribution in [3.8, 4) is 11.3 Å². The molecule has 3 heterocycles. The average molecular weight is 423 g/mol. The smallest absolute Gasteiger partial charge is 0.269 e. The first kappa shape index (κ1) is 21.4. The third-order valence-electron chi connectivity index (χ3n) is 4.76. The van der Waals surface area contributed by atoms with Gasteiger partial charge >= 0.3 is 0 Å². The second kappa shape index (κ2) is 9.49. The van der Waals surface area contributed by atoms with E-state index in [9.17, 15) is 13.2 Å². The molecule has 4 rings (SSSR count). The Morgan fingerprint density at radius 3 is 2.66 bits per heavy atom. The number of benzene rings is 1. The summed E-state index contributed by atoms with van der Waals surface area (Å²) in [6.45, 7) is 5.23. The molecule has 0 amide bonds. The van der Waals surface area contributed by atoms with E-state index in [-0.39, 0.29) is 5.56 Å². The molecule has 0 saturated carbocycles. The van der Waals surface area contributed by atoms with E-state index >= 15 is 0 Å². The standard InChI is InChI=1S/C18H22N4O2.CH4O3S/c23-18-15-6-3-7-19-16(15)17(20-21-18)14-5-2-1-4-13(14)12-22-8-10-24-11-9-22;1-5(2,3)4/h1-2,4-5,19H,3,6-12H2,(H,21,23);1H3,(H,2,3,4). The molecule has 2 aliphatic rings. The predicted molar refractivity (Wildman–Crippen MR) is 111 cm³/mol. The third-order valence-corrected chi connectivity index (χ3v) is 4.76. The number of anilines is 1. The second-order valence-electron chi connectivity index (χ2n) is 7.06. The lowest BCUT2D eigenvalue weighted by Gasteiger charge is -2.27. The summed E-state index contributed by atoms with van der Waals surface area (Å²) in [5, 5.41) is 10.4. The van der Waals surface area contributed by atoms with Crippen LogP contribution in [0.3, 0.4) is 0 Å². The number of hydrogen-bond donors (Lipinski definition) is 3. The van der Waals surface area contributed by atoms with Crippen LogP contribution in [0.25, 0.3) is 11.3 Å². The molecule has 0 radical (unpaired) electrons. The Morgan fingerprint density at radius 1 is 1.24 bits per heavy atom. The number of hydrogen-bond acceptors (Lipinski definition) is 7. The highest BCUT2D eigenvalue weighted by Gasteiger charge is 2.21. The number of aromatic amines is 1. The highest BCUT2D eigenvalue weighted by atomic mass is 32.2. The second-order valence-corrected chi connectivity index (χ2v) is 8.53.